The van der Waals surface area contributed by atoms with E-state index in [1.807, 2.05) is 11.3 Å². The smallest absolute Gasteiger partial charge is 0.0561 e. The van der Waals surface area contributed by atoms with Gasteiger partial charge in [-0.05, 0) is 94.7 Å². The molecule has 0 saturated carbocycles. The molecule has 0 aliphatic rings. The SMILES string of the molecule is c1ccc(-c2ccc(N(c3ccc4cc5sc6ccccc6c5cc4c3)c3ccc4c5ccccc5n(-c5ccccc5)c4c3)cc2)cc1. The van der Waals surface area contributed by atoms with E-state index in [1.54, 1.807) is 0 Å². The molecule has 2 aromatic heterocycles. The van der Waals surface area contributed by atoms with Gasteiger partial charge >= 0.3 is 0 Å². The van der Waals surface area contributed by atoms with Gasteiger partial charge in [0.15, 0.2) is 0 Å². The van der Waals surface area contributed by atoms with Gasteiger partial charge in [-0.1, -0.05) is 109 Å². The number of hydrogen-bond acceptors (Lipinski definition) is 2. The highest BCUT2D eigenvalue weighted by Gasteiger charge is 2.18. The van der Waals surface area contributed by atoms with Crippen LogP contribution < -0.4 is 4.90 Å². The zero-order valence-corrected chi connectivity index (χ0v) is 27.4. The van der Waals surface area contributed by atoms with Crippen molar-refractivity contribution in [2.75, 3.05) is 4.90 Å². The van der Waals surface area contributed by atoms with Crippen molar-refractivity contribution in [1.29, 1.82) is 0 Å². The zero-order valence-electron chi connectivity index (χ0n) is 26.6. The first kappa shape index (κ1) is 27.9. The van der Waals surface area contributed by atoms with E-state index < -0.39 is 0 Å². The summed E-state index contributed by atoms with van der Waals surface area (Å²) < 4.78 is 5.05. The van der Waals surface area contributed by atoms with Crippen LogP contribution in [0, 0.1) is 0 Å². The summed E-state index contributed by atoms with van der Waals surface area (Å²) in [5.74, 6) is 0. The number of anilines is 3. The third kappa shape index (κ3) is 4.62. The summed E-state index contributed by atoms with van der Waals surface area (Å²) in [7, 11) is 0. The molecule has 0 N–H and O–H groups in total. The molecule has 0 bridgehead atoms. The number of rotatable bonds is 5. The van der Waals surface area contributed by atoms with E-state index in [-0.39, 0.29) is 0 Å². The van der Waals surface area contributed by atoms with Gasteiger partial charge in [0.05, 0.1) is 11.0 Å². The summed E-state index contributed by atoms with van der Waals surface area (Å²) in [6, 6.07) is 66.2. The van der Waals surface area contributed by atoms with Crippen molar-refractivity contribution in [2.45, 2.75) is 0 Å². The minimum absolute atomic E-state index is 1.11. The van der Waals surface area contributed by atoms with Crippen LogP contribution in [0.2, 0.25) is 0 Å². The average Bonchev–Trinajstić information content (AvgIpc) is 3.70. The molecule has 0 spiro atoms. The van der Waals surface area contributed by atoms with Crippen molar-refractivity contribution >= 4 is 81.1 Å². The first-order chi connectivity index (χ1) is 24.3. The van der Waals surface area contributed by atoms with Crippen LogP contribution in [-0.2, 0) is 0 Å². The Kier molecular flexibility index (Phi) is 6.39. The second-order valence-electron chi connectivity index (χ2n) is 12.6. The fourth-order valence-electron chi connectivity index (χ4n) is 7.43. The minimum Gasteiger partial charge on any atom is -0.310 e. The molecule has 0 saturated heterocycles. The first-order valence-corrected chi connectivity index (χ1v) is 17.5. The standard InChI is InChI=1S/C46H30N2S/c1-3-11-31(12-4-1)32-19-22-36(23-20-32)47(37-24-21-33-29-46-42(28-34(33)27-37)41-16-8-10-18-45(41)49-46)38-25-26-40-39-15-7-9-17-43(39)48(44(40)30-38)35-13-5-2-6-14-35/h1-30H. The molecule has 0 unspecified atom stereocenters. The number of para-hydroxylation sites is 2. The largest absolute Gasteiger partial charge is 0.310 e. The van der Waals surface area contributed by atoms with Crippen molar-refractivity contribution in [3.8, 4) is 16.8 Å². The molecule has 0 radical (unpaired) electrons. The molecule has 10 aromatic rings. The Hall–Kier alpha value is -6.16. The first-order valence-electron chi connectivity index (χ1n) is 16.7. The molecule has 3 heteroatoms. The molecular weight excluding hydrogens is 613 g/mol. The predicted molar refractivity (Wildman–Crippen MR) is 211 cm³/mol. The van der Waals surface area contributed by atoms with E-state index in [0.717, 1.165) is 22.7 Å². The average molecular weight is 643 g/mol. The topological polar surface area (TPSA) is 8.17 Å². The van der Waals surface area contributed by atoms with Crippen molar-refractivity contribution in [3.05, 3.63) is 182 Å². The molecule has 49 heavy (non-hydrogen) atoms. The van der Waals surface area contributed by atoms with Gasteiger partial charge in [0.2, 0.25) is 0 Å². The summed E-state index contributed by atoms with van der Waals surface area (Å²) in [5.41, 5.74) is 9.31. The van der Waals surface area contributed by atoms with Gasteiger partial charge in [-0.15, -0.1) is 11.3 Å². The highest BCUT2D eigenvalue weighted by molar-refractivity contribution is 7.25. The van der Waals surface area contributed by atoms with Gasteiger partial charge in [0, 0.05) is 53.7 Å². The van der Waals surface area contributed by atoms with Crippen LogP contribution in [0.5, 0.6) is 0 Å². The monoisotopic (exact) mass is 642 g/mol. The lowest BCUT2D eigenvalue weighted by molar-refractivity contribution is 1.18. The highest BCUT2D eigenvalue weighted by Crippen LogP contribution is 2.42. The van der Waals surface area contributed by atoms with Crippen molar-refractivity contribution in [1.82, 2.24) is 4.57 Å². The lowest BCUT2D eigenvalue weighted by Crippen LogP contribution is -2.10. The Bertz CT molecular complexity index is 2810. The van der Waals surface area contributed by atoms with E-state index >= 15 is 0 Å². The summed E-state index contributed by atoms with van der Waals surface area (Å²) in [6.45, 7) is 0. The van der Waals surface area contributed by atoms with Crippen LogP contribution in [0.3, 0.4) is 0 Å². The molecule has 2 heterocycles. The van der Waals surface area contributed by atoms with Crippen molar-refractivity contribution in [3.63, 3.8) is 0 Å². The Balaban J connectivity index is 1.20. The molecule has 0 amide bonds. The number of benzene rings is 8. The lowest BCUT2D eigenvalue weighted by Gasteiger charge is -2.26. The van der Waals surface area contributed by atoms with Gasteiger partial charge in [0.1, 0.15) is 0 Å². The molecule has 10 rings (SSSR count). The number of aromatic nitrogens is 1. The summed E-state index contributed by atoms with van der Waals surface area (Å²) in [4.78, 5) is 2.40. The summed E-state index contributed by atoms with van der Waals surface area (Å²) in [5, 5.41) is 7.62. The normalized spacial score (nSPS) is 11.7. The van der Waals surface area contributed by atoms with Crippen LogP contribution >= 0.6 is 11.3 Å². The van der Waals surface area contributed by atoms with Crippen LogP contribution in [0.15, 0.2) is 182 Å². The molecule has 8 aromatic carbocycles. The second kappa shape index (κ2) is 11.2. The number of hydrogen-bond donors (Lipinski definition) is 0. The Morgan fingerprint density at radius 2 is 1.00 bits per heavy atom. The van der Waals surface area contributed by atoms with Gasteiger partial charge in [-0.3, -0.25) is 0 Å². The fraction of sp³-hybridized carbons (Fsp3) is 0. The molecule has 230 valence electrons. The fourth-order valence-corrected chi connectivity index (χ4v) is 8.57. The third-order valence-electron chi connectivity index (χ3n) is 9.74. The van der Waals surface area contributed by atoms with Gasteiger partial charge in [0.25, 0.3) is 0 Å². The zero-order chi connectivity index (χ0) is 32.3. The highest BCUT2D eigenvalue weighted by atomic mass is 32.1. The predicted octanol–water partition coefficient (Wildman–Crippen LogP) is 13.4. The molecular formula is C46H30N2S. The van der Waals surface area contributed by atoms with Gasteiger partial charge in [-0.25, -0.2) is 0 Å². The number of fused-ring (bicyclic) bond motifs is 7. The molecule has 0 atom stereocenters. The van der Waals surface area contributed by atoms with Crippen LogP contribution in [0.1, 0.15) is 0 Å². The maximum Gasteiger partial charge on any atom is 0.0561 e. The van der Waals surface area contributed by atoms with E-state index in [1.165, 1.54) is 63.9 Å². The quantitative estimate of drug-likeness (QED) is 0.181. The van der Waals surface area contributed by atoms with E-state index in [2.05, 4.69) is 191 Å². The van der Waals surface area contributed by atoms with E-state index in [0.29, 0.717) is 0 Å². The molecule has 2 nitrogen and oxygen atoms in total. The van der Waals surface area contributed by atoms with Gasteiger partial charge < -0.3 is 9.47 Å². The summed E-state index contributed by atoms with van der Waals surface area (Å²) in [6.07, 6.45) is 0. The molecule has 0 aliphatic heterocycles. The third-order valence-corrected chi connectivity index (χ3v) is 10.9. The minimum atomic E-state index is 1.11. The van der Waals surface area contributed by atoms with Crippen molar-refractivity contribution in [2.24, 2.45) is 0 Å². The van der Waals surface area contributed by atoms with Gasteiger partial charge in [-0.2, -0.15) is 0 Å². The van der Waals surface area contributed by atoms with Crippen LogP contribution in [0.25, 0.3) is 69.6 Å². The molecule has 0 aliphatic carbocycles. The van der Waals surface area contributed by atoms with Crippen molar-refractivity contribution < 1.29 is 0 Å². The second-order valence-corrected chi connectivity index (χ2v) is 13.7. The lowest BCUT2D eigenvalue weighted by atomic mass is 10.0. The van der Waals surface area contributed by atoms with E-state index in [9.17, 15) is 0 Å². The Morgan fingerprint density at radius 1 is 0.367 bits per heavy atom. The molecule has 0 fully saturated rings. The van der Waals surface area contributed by atoms with Crippen LogP contribution in [-0.4, -0.2) is 4.57 Å². The Labute approximate surface area is 288 Å². The maximum absolute atomic E-state index is 2.40. The summed E-state index contributed by atoms with van der Waals surface area (Å²) >= 11 is 1.87. The number of nitrogens with zero attached hydrogens (tertiary/aromatic N) is 2. The van der Waals surface area contributed by atoms with Crippen LogP contribution in [0.4, 0.5) is 17.1 Å². The maximum atomic E-state index is 2.40. The number of thiophene rings is 1. The van der Waals surface area contributed by atoms with E-state index in [4.69, 9.17) is 0 Å². The Morgan fingerprint density at radius 3 is 1.84 bits per heavy atom.